The summed E-state index contributed by atoms with van der Waals surface area (Å²) in [5.41, 5.74) is -0.173. The molecule has 19 heavy (non-hydrogen) atoms. The summed E-state index contributed by atoms with van der Waals surface area (Å²) in [5, 5.41) is 10.4. The van der Waals surface area contributed by atoms with Crippen LogP contribution in [0.5, 0.6) is 5.75 Å². The Morgan fingerprint density at radius 3 is 2.79 bits per heavy atom. The van der Waals surface area contributed by atoms with Gasteiger partial charge in [0.2, 0.25) is 0 Å². The highest BCUT2D eigenvalue weighted by atomic mass is 79.9. The van der Waals surface area contributed by atoms with Gasteiger partial charge in [0.05, 0.1) is 12.1 Å². The van der Waals surface area contributed by atoms with E-state index in [1.54, 1.807) is 25.1 Å². The molecule has 0 atom stereocenters. The normalized spacial score (nSPS) is 10.7. The van der Waals surface area contributed by atoms with Crippen molar-refractivity contribution >= 4 is 32.8 Å². The molecule has 0 aliphatic rings. The van der Waals surface area contributed by atoms with Crippen molar-refractivity contribution in [1.29, 1.82) is 0 Å². The van der Waals surface area contributed by atoms with Crippen LogP contribution in [0.3, 0.4) is 0 Å². The van der Waals surface area contributed by atoms with E-state index in [9.17, 15) is 14.7 Å². The summed E-state index contributed by atoms with van der Waals surface area (Å²) in [6.45, 7) is 1.83. The number of esters is 1. The number of benzene rings is 1. The highest BCUT2D eigenvalue weighted by molar-refractivity contribution is 9.10. The maximum atomic E-state index is 11.9. The first-order chi connectivity index (χ1) is 8.97. The van der Waals surface area contributed by atoms with E-state index in [4.69, 9.17) is 4.74 Å². The van der Waals surface area contributed by atoms with Crippen LogP contribution in [-0.2, 0) is 11.8 Å². The van der Waals surface area contributed by atoms with Gasteiger partial charge < -0.3 is 14.4 Å². The van der Waals surface area contributed by atoms with Gasteiger partial charge in [-0.05, 0) is 25.1 Å². The Hall–Kier alpha value is -1.82. The second-order valence-corrected chi connectivity index (χ2v) is 4.89. The summed E-state index contributed by atoms with van der Waals surface area (Å²) in [4.78, 5) is 23.8. The van der Waals surface area contributed by atoms with E-state index in [1.165, 1.54) is 11.6 Å². The number of hydrogen-bond donors (Lipinski definition) is 1. The first kappa shape index (κ1) is 13.6. The number of aromatic hydroxyl groups is 1. The maximum Gasteiger partial charge on any atom is 0.342 e. The van der Waals surface area contributed by atoms with Gasteiger partial charge in [0, 0.05) is 16.9 Å². The SMILES string of the molecule is CCOC(=O)c1c(O)c(=O)n(C)c2ccc(Br)cc12. The number of pyridine rings is 1. The Labute approximate surface area is 117 Å². The number of carbonyl (C=O) groups is 1. The van der Waals surface area contributed by atoms with E-state index in [0.29, 0.717) is 10.9 Å². The third-order valence-electron chi connectivity index (χ3n) is 2.81. The molecule has 1 aromatic heterocycles. The number of aromatic nitrogens is 1. The Bertz CT molecular complexity index is 721. The number of fused-ring (bicyclic) bond motifs is 1. The molecule has 0 aliphatic heterocycles. The summed E-state index contributed by atoms with van der Waals surface area (Å²) in [5.74, 6) is -1.30. The van der Waals surface area contributed by atoms with Gasteiger partial charge in [0.1, 0.15) is 5.56 Å². The second-order valence-electron chi connectivity index (χ2n) is 3.97. The highest BCUT2D eigenvalue weighted by Gasteiger charge is 2.21. The summed E-state index contributed by atoms with van der Waals surface area (Å²) in [6, 6.07) is 5.12. The zero-order valence-corrected chi connectivity index (χ0v) is 12.0. The summed E-state index contributed by atoms with van der Waals surface area (Å²) in [7, 11) is 1.53. The van der Waals surface area contributed by atoms with Crippen molar-refractivity contribution in [2.24, 2.45) is 7.05 Å². The third kappa shape index (κ3) is 2.23. The van der Waals surface area contributed by atoms with Gasteiger partial charge >= 0.3 is 5.97 Å². The van der Waals surface area contributed by atoms with Gasteiger partial charge in [-0.3, -0.25) is 4.79 Å². The van der Waals surface area contributed by atoms with Crippen LogP contribution in [0.25, 0.3) is 10.9 Å². The van der Waals surface area contributed by atoms with Crippen molar-refractivity contribution in [2.45, 2.75) is 6.92 Å². The van der Waals surface area contributed by atoms with Crippen molar-refractivity contribution < 1.29 is 14.6 Å². The fourth-order valence-electron chi connectivity index (χ4n) is 1.91. The van der Waals surface area contributed by atoms with Gasteiger partial charge in [-0.2, -0.15) is 0 Å². The van der Waals surface area contributed by atoms with Crippen LogP contribution in [0, 0.1) is 0 Å². The average molecular weight is 326 g/mol. The van der Waals surface area contributed by atoms with Crippen molar-refractivity contribution in [3.63, 3.8) is 0 Å². The van der Waals surface area contributed by atoms with Gasteiger partial charge in [0.15, 0.2) is 5.75 Å². The minimum Gasteiger partial charge on any atom is -0.502 e. The fourth-order valence-corrected chi connectivity index (χ4v) is 2.27. The van der Waals surface area contributed by atoms with Gasteiger partial charge in [-0.15, -0.1) is 0 Å². The topological polar surface area (TPSA) is 68.5 Å². The summed E-state index contributed by atoms with van der Waals surface area (Å²) in [6.07, 6.45) is 0. The van der Waals surface area contributed by atoms with E-state index >= 15 is 0 Å². The molecule has 5 nitrogen and oxygen atoms in total. The number of rotatable bonds is 2. The van der Waals surface area contributed by atoms with E-state index < -0.39 is 17.3 Å². The number of aryl methyl sites for hydroxylation is 1. The summed E-state index contributed by atoms with van der Waals surface area (Å²) >= 11 is 3.30. The molecule has 6 heteroatoms. The highest BCUT2D eigenvalue weighted by Crippen LogP contribution is 2.27. The standard InChI is InChI=1S/C13H12BrNO4/c1-3-19-13(18)10-8-6-7(14)4-5-9(8)15(2)12(17)11(10)16/h4-6,16H,3H2,1-2H3. The molecule has 0 fully saturated rings. The molecule has 0 spiro atoms. The Morgan fingerprint density at radius 2 is 2.16 bits per heavy atom. The molecule has 100 valence electrons. The van der Waals surface area contributed by atoms with Crippen LogP contribution in [0.2, 0.25) is 0 Å². The van der Waals surface area contributed by atoms with Gasteiger partial charge in [-0.25, -0.2) is 4.79 Å². The molecule has 0 aliphatic carbocycles. The van der Waals surface area contributed by atoms with Gasteiger partial charge in [0.25, 0.3) is 5.56 Å². The molecule has 2 aromatic rings. The first-order valence-corrected chi connectivity index (χ1v) is 6.45. The maximum absolute atomic E-state index is 11.9. The number of nitrogens with zero attached hydrogens (tertiary/aromatic N) is 1. The minimum atomic E-state index is -0.708. The number of hydrogen-bond acceptors (Lipinski definition) is 4. The molecule has 0 saturated heterocycles. The summed E-state index contributed by atoms with van der Waals surface area (Å²) < 4.78 is 6.92. The molecular weight excluding hydrogens is 314 g/mol. The van der Waals surface area contributed by atoms with Crippen LogP contribution in [0.15, 0.2) is 27.5 Å². The largest absolute Gasteiger partial charge is 0.502 e. The molecule has 0 radical (unpaired) electrons. The van der Waals surface area contributed by atoms with Crippen molar-refractivity contribution in [3.05, 3.63) is 38.6 Å². The number of carbonyl (C=O) groups excluding carboxylic acids is 1. The zero-order chi connectivity index (χ0) is 14.2. The lowest BCUT2D eigenvalue weighted by Crippen LogP contribution is -2.20. The van der Waals surface area contributed by atoms with E-state index in [2.05, 4.69) is 15.9 Å². The molecule has 1 heterocycles. The monoisotopic (exact) mass is 325 g/mol. The molecule has 1 aromatic carbocycles. The van der Waals surface area contributed by atoms with Crippen LogP contribution in [0.4, 0.5) is 0 Å². The lowest BCUT2D eigenvalue weighted by molar-refractivity contribution is 0.0525. The van der Waals surface area contributed by atoms with Crippen molar-refractivity contribution in [1.82, 2.24) is 4.57 Å². The molecule has 2 rings (SSSR count). The molecule has 1 N–H and O–H groups in total. The Balaban J connectivity index is 2.91. The third-order valence-corrected chi connectivity index (χ3v) is 3.31. The van der Waals surface area contributed by atoms with Crippen LogP contribution in [0.1, 0.15) is 17.3 Å². The molecule has 0 amide bonds. The van der Waals surface area contributed by atoms with E-state index in [-0.39, 0.29) is 12.2 Å². The molecule has 0 saturated carbocycles. The molecular formula is C13H12BrNO4. The van der Waals surface area contributed by atoms with E-state index in [1.807, 2.05) is 0 Å². The van der Waals surface area contributed by atoms with Crippen LogP contribution >= 0.6 is 15.9 Å². The van der Waals surface area contributed by atoms with Gasteiger partial charge in [-0.1, -0.05) is 15.9 Å². The fraction of sp³-hybridized carbons (Fsp3) is 0.231. The number of ether oxygens (including phenoxy) is 1. The average Bonchev–Trinajstić information content (AvgIpc) is 2.36. The van der Waals surface area contributed by atoms with Crippen LogP contribution < -0.4 is 5.56 Å². The lowest BCUT2D eigenvalue weighted by atomic mass is 10.1. The predicted molar refractivity (Wildman–Crippen MR) is 74.5 cm³/mol. The molecule has 0 unspecified atom stereocenters. The zero-order valence-electron chi connectivity index (χ0n) is 10.4. The number of halogens is 1. The lowest BCUT2D eigenvalue weighted by Gasteiger charge is -2.11. The smallest absolute Gasteiger partial charge is 0.342 e. The Kier molecular flexibility index (Phi) is 3.61. The van der Waals surface area contributed by atoms with E-state index in [0.717, 1.165) is 4.47 Å². The van der Waals surface area contributed by atoms with Crippen molar-refractivity contribution in [3.8, 4) is 5.75 Å². The second kappa shape index (κ2) is 5.05. The Morgan fingerprint density at radius 1 is 1.47 bits per heavy atom. The van der Waals surface area contributed by atoms with Crippen LogP contribution in [-0.4, -0.2) is 22.2 Å². The first-order valence-electron chi connectivity index (χ1n) is 5.65. The van der Waals surface area contributed by atoms with Crippen molar-refractivity contribution in [2.75, 3.05) is 6.61 Å². The molecule has 0 bridgehead atoms. The quantitative estimate of drug-likeness (QED) is 0.859. The minimum absolute atomic E-state index is 0.0961. The predicted octanol–water partition coefficient (Wildman–Crippen LogP) is 2.18.